The Morgan fingerprint density at radius 1 is 1.15 bits per heavy atom. The van der Waals surface area contributed by atoms with Crippen LogP contribution in [0.15, 0.2) is 48.5 Å². The Hall–Kier alpha value is -3.77. The van der Waals surface area contributed by atoms with Gasteiger partial charge in [-0.1, -0.05) is 49.8 Å². The van der Waals surface area contributed by atoms with Crippen molar-refractivity contribution in [2.45, 2.75) is 44.7 Å². The standard InChI is InChI=1S/C27H27N3O3/c1-4-5-14-33-22-12-10-20(15-23(22)32-3)25-26(18(2)31)30-21-9-7-6-8-19(21)11-13-24(30)27(25,16-28)17-29/h6-13,15,24-26H,4-5,14H2,1-3H3. The average molecular weight is 442 g/mol. The molecule has 0 N–H and O–H groups in total. The minimum absolute atomic E-state index is 0.0929. The van der Waals surface area contributed by atoms with Crippen molar-refractivity contribution in [3.8, 4) is 23.6 Å². The summed E-state index contributed by atoms with van der Waals surface area (Å²) in [6, 6.07) is 16.6. The molecule has 3 unspecified atom stereocenters. The summed E-state index contributed by atoms with van der Waals surface area (Å²) in [5.74, 6) is 0.375. The number of nitriles is 2. The summed E-state index contributed by atoms with van der Waals surface area (Å²) in [6.45, 7) is 4.19. The Kier molecular flexibility index (Phi) is 6.11. The number of nitrogens with zero attached hydrogens (tertiary/aromatic N) is 3. The zero-order valence-electron chi connectivity index (χ0n) is 19.1. The first-order valence-electron chi connectivity index (χ1n) is 11.2. The van der Waals surface area contributed by atoms with Crippen molar-refractivity contribution in [1.29, 1.82) is 10.5 Å². The lowest BCUT2D eigenvalue weighted by Crippen LogP contribution is -2.43. The van der Waals surface area contributed by atoms with Crippen molar-refractivity contribution in [3.63, 3.8) is 0 Å². The van der Waals surface area contributed by atoms with E-state index >= 15 is 0 Å². The zero-order valence-corrected chi connectivity index (χ0v) is 19.1. The van der Waals surface area contributed by atoms with Crippen LogP contribution in [0.4, 0.5) is 5.69 Å². The molecule has 2 aromatic carbocycles. The fourth-order valence-corrected chi connectivity index (χ4v) is 5.08. The second-order valence-electron chi connectivity index (χ2n) is 8.51. The van der Waals surface area contributed by atoms with Gasteiger partial charge in [0.15, 0.2) is 22.7 Å². The van der Waals surface area contributed by atoms with E-state index < -0.39 is 23.4 Å². The van der Waals surface area contributed by atoms with Crippen LogP contribution in [0.3, 0.4) is 0 Å². The summed E-state index contributed by atoms with van der Waals surface area (Å²) in [5.41, 5.74) is 1.07. The van der Waals surface area contributed by atoms with E-state index in [0.29, 0.717) is 23.7 Å². The van der Waals surface area contributed by atoms with Crippen LogP contribution in [0.25, 0.3) is 6.08 Å². The second kappa shape index (κ2) is 9.00. The molecule has 2 aliphatic rings. The quantitative estimate of drug-likeness (QED) is 0.570. The predicted octanol–water partition coefficient (Wildman–Crippen LogP) is 4.86. The number of hydrogen-bond donors (Lipinski definition) is 0. The lowest BCUT2D eigenvalue weighted by molar-refractivity contribution is -0.118. The van der Waals surface area contributed by atoms with Gasteiger partial charge >= 0.3 is 0 Å². The van der Waals surface area contributed by atoms with Gasteiger partial charge in [0.25, 0.3) is 0 Å². The molecule has 0 aliphatic carbocycles. The van der Waals surface area contributed by atoms with Gasteiger partial charge in [-0.25, -0.2) is 0 Å². The first-order valence-corrected chi connectivity index (χ1v) is 11.2. The highest BCUT2D eigenvalue weighted by molar-refractivity contribution is 5.91. The van der Waals surface area contributed by atoms with Crippen LogP contribution in [-0.4, -0.2) is 31.6 Å². The van der Waals surface area contributed by atoms with Crippen molar-refractivity contribution in [1.82, 2.24) is 0 Å². The molecule has 2 aliphatic heterocycles. The third-order valence-corrected chi connectivity index (χ3v) is 6.63. The lowest BCUT2D eigenvalue weighted by atomic mass is 9.69. The maximum atomic E-state index is 13.1. The normalized spacial score (nSPS) is 22.0. The fraction of sp³-hybridized carbons (Fsp3) is 0.370. The molecule has 0 aromatic heterocycles. The largest absolute Gasteiger partial charge is 0.493 e. The molecule has 6 heteroatoms. The number of ether oxygens (including phenoxy) is 2. The minimum atomic E-state index is -1.45. The van der Waals surface area contributed by atoms with E-state index in [9.17, 15) is 15.3 Å². The van der Waals surface area contributed by atoms with Crippen molar-refractivity contribution < 1.29 is 14.3 Å². The highest BCUT2D eigenvalue weighted by atomic mass is 16.5. The van der Waals surface area contributed by atoms with Crippen molar-refractivity contribution in [2.24, 2.45) is 5.41 Å². The van der Waals surface area contributed by atoms with E-state index in [1.54, 1.807) is 13.2 Å². The third kappa shape index (κ3) is 3.52. The van der Waals surface area contributed by atoms with Crippen LogP contribution in [0, 0.1) is 28.1 Å². The molecular weight excluding hydrogens is 414 g/mol. The van der Waals surface area contributed by atoms with E-state index in [1.807, 2.05) is 53.5 Å². The summed E-state index contributed by atoms with van der Waals surface area (Å²) in [4.78, 5) is 15.0. The number of fused-ring (bicyclic) bond motifs is 3. The number of para-hydroxylation sites is 1. The van der Waals surface area contributed by atoms with Gasteiger partial charge in [0.05, 0.1) is 37.9 Å². The van der Waals surface area contributed by atoms with Crippen LogP contribution >= 0.6 is 0 Å². The number of benzene rings is 2. The van der Waals surface area contributed by atoms with E-state index in [2.05, 4.69) is 19.1 Å². The summed E-state index contributed by atoms with van der Waals surface area (Å²) < 4.78 is 11.4. The van der Waals surface area contributed by atoms with Crippen molar-refractivity contribution in [2.75, 3.05) is 18.6 Å². The number of unbranched alkanes of at least 4 members (excludes halogenated alkanes) is 1. The molecular formula is C27H27N3O3. The molecule has 0 bridgehead atoms. The number of anilines is 1. The molecule has 1 fully saturated rings. The number of Topliss-reactive ketones (excluding diaryl/α,β-unsaturated/α-hetero) is 1. The van der Waals surface area contributed by atoms with Gasteiger partial charge in [0.1, 0.15) is 0 Å². The van der Waals surface area contributed by atoms with Crippen molar-refractivity contribution >= 4 is 17.5 Å². The van der Waals surface area contributed by atoms with Gasteiger partial charge in [-0.05, 0) is 42.7 Å². The Morgan fingerprint density at radius 3 is 2.58 bits per heavy atom. The maximum absolute atomic E-state index is 13.1. The molecule has 168 valence electrons. The highest BCUT2D eigenvalue weighted by Crippen LogP contribution is 2.55. The number of carbonyl (C=O) groups is 1. The van der Waals surface area contributed by atoms with E-state index in [0.717, 1.165) is 24.1 Å². The van der Waals surface area contributed by atoms with Gasteiger partial charge in [-0.3, -0.25) is 4.79 Å². The Bertz CT molecular complexity index is 1160. The van der Waals surface area contributed by atoms with E-state index in [4.69, 9.17) is 9.47 Å². The first kappa shape index (κ1) is 22.4. The summed E-state index contributed by atoms with van der Waals surface area (Å²) in [5, 5.41) is 20.7. The summed E-state index contributed by atoms with van der Waals surface area (Å²) >= 11 is 0. The zero-order chi connectivity index (χ0) is 23.6. The van der Waals surface area contributed by atoms with E-state index in [1.165, 1.54) is 6.92 Å². The van der Waals surface area contributed by atoms with Gasteiger partial charge in [0.2, 0.25) is 0 Å². The topological polar surface area (TPSA) is 86.4 Å². The first-order chi connectivity index (χ1) is 16.0. The van der Waals surface area contributed by atoms with Crippen LogP contribution < -0.4 is 14.4 Å². The third-order valence-electron chi connectivity index (χ3n) is 6.63. The molecule has 4 rings (SSSR count). The number of methoxy groups -OCH3 is 1. The monoisotopic (exact) mass is 441 g/mol. The predicted molar refractivity (Wildman–Crippen MR) is 126 cm³/mol. The lowest BCUT2D eigenvalue weighted by Gasteiger charge is -2.35. The number of rotatable bonds is 7. The number of ketones is 1. The van der Waals surface area contributed by atoms with Crippen LogP contribution in [0.5, 0.6) is 11.5 Å². The molecule has 0 amide bonds. The van der Waals surface area contributed by atoms with Crippen LogP contribution in [0.1, 0.15) is 43.7 Å². The molecule has 2 aromatic rings. The van der Waals surface area contributed by atoms with Crippen LogP contribution in [0.2, 0.25) is 0 Å². The van der Waals surface area contributed by atoms with Gasteiger partial charge in [-0.15, -0.1) is 0 Å². The van der Waals surface area contributed by atoms with Crippen molar-refractivity contribution in [3.05, 3.63) is 59.7 Å². The summed E-state index contributed by atoms with van der Waals surface area (Å²) in [7, 11) is 1.56. The second-order valence-corrected chi connectivity index (χ2v) is 8.51. The molecule has 0 radical (unpaired) electrons. The molecule has 6 nitrogen and oxygen atoms in total. The minimum Gasteiger partial charge on any atom is -0.493 e. The van der Waals surface area contributed by atoms with Crippen LogP contribution in [-0.2, 0) is 4.79 Å². The number of hydrogen-bond acceptors (Lipinski definition) is 6. The Balaban J connectivity index is 1.87. The summed E-state index contributed by atoms with van der Waals surface area (Å²) in [6.07, 6.45) is 5.76. The molecule has 1 saturated heterocycles. The average Bonchev–Trinajstić information content (AvgIpc) is 3.15. The maximum Gasteiger partial charge on any atom is 0.176 e. The fourth-order valence-electron chi connectivity index (χ4n) is 5.08. The Morgan fingerprint density at radius 2 is 1.91 bits per heavy atom. The number of carbonyl (C=O) groups excluding carboxylic acids is 1. The molecule has 2 heterocycles. The van der Waals surface area contributed by atoms with Gasteiger partial charge in [0, 0.05) is 11.6 Å². The van der Waals surface area contributed by atoms with Gasteiger partial charge in [-0.2, -0.15) is 10.5 Å². The smallest absolute Gasteiger partial charge is 0.176 e. The van der Waals surface area contributed by atoms with E-state index in [-0.39, 0.29) is 5.78 Å². The van der Waals surface area contributed by atoms with Gasteiger partial charge < -0.3 is 14.4 Å². The Labute approximate surface area is 194 Å². The molecule has 33 heavy (non-hydrogen) atoms. The molecule has 0 saturated carbocycles. The highest BCUT2D eigenvalue weighted by Gasteiger charge is 2.62. The molecule has 3 atom stereocenters. The SMILES string of the molecule is CCCCOc1ccc(C2C(C(C)=O)N3c4ccccc4C=CC3C2(C#N)C#N)cc1OC. The molecule has 0 spiro atoms.